The van der Waals surface area contributed by atoms with Crippen molar-refractivity contribution in [3.63, 3.8) is 0 Å². The Labute approximate surface area is 134 Å². The number of ether oxygens (including phenoxy) is 3. The Balaban J connectivity index is 1.76. The highest BCUT2D eigenvalue weighted by molar-refractivity contribution is 5.96. The smallest absolute Gasteiger partial charge is 0.231 e. The maximum Gasteiger partial charge on any atom is 0.231 e. The molecule has 5 nitrogen and oxygen atoms in total. The number of hydrogen-bond donors (Lipinski definition) is 0. The van der Waals surface area contributed by atoms with Gasteiger partial charge in [-0.05, 0) is 31.2 Å². The van der Waals surface area contributed by atoms with Crippen LogP contribution in [0.5, 0.6) is 23.0 Å². The van der Waals surface area contributed by atoms with Gasteiger partial charge in [0, 0.05) is 25.5 Å². The number of benzene rings is 2. The van der Waals surface area contributed by atoms with E-state index < -0.39 is 0 Å². The Bertz CT molecular complexity index is 882. The zero-order chi connectivity index (χ0) is 16.0. The molecule has 2 aromatic carbocycles. The summed E-state index contributed by atoms with van der Waals surface area (Å²) >= 11 is 0. The van der Waals surface area contributed by atoms with Crippen molar-refractivity contribution in [2.75, 3.05) is 25.8 Å². The Hall–Kier alpha value is -2.82. The number of anilines is 1. The largest absolute Gasteiger partial charge is 0.455 e. The average Bonchev–Trinajstić information content (AvgIpc) is 3.10. The number of fused-ring (bicyclic) bond motifs is 2. The lowest BCUT2D eigenvalue weighted by Crippen LogP contribution is -2.08. The van der Waals surface area contributed by atoms with Gasteiger partial charge < -0.3 is 23.5 Å². The molecule has 1 aliphatic heterocycles. The van der Waals surface area contributed by atoms with Gasteiger partial charge in [-0.15, -0.1) is 0 Å². The van der Waals surface area contributed by atoms with Gasteiger partial charge >= 0.3 is 0 Å². The van der Waals surface area contributed by atoms with Crippen LogP contribution in [0.1, 0.15) is 5.76 Å². The fourth-order valence-electron chi connectivity index (χ4n) is 2.90. The van der Waals surface area contributed by atoms with Crippen LogP contribution in [0.4, 0.5) is 5.69 Å². The monoisotopic (exact) mass is 311 g/mol. The van der Waals surface area contributed by atoms with Gasteiger partial charge in [0.15, 0.2) is 22.8 Å². The van der Waals surface area contributed by atoms with E-state index in [2.05, 4.69) is 0 Å². The molecule has 0 amide bonds. The second kappa shape index (κ2) is 5.12. The second-order valence-corrected chi connectivity index (χ2v) is 5.65. The van der Waals surface area contributed by atoms with Gasteiger partial charge in [0.05, 0.1) is 5.69 Å². The Morgan fingerprint density at radius 3 is 2.70 bits per heavy atom. The maximum absolute atomic E-state index is 6.02. The third kappa shape index (κ3) is 2.25. The van der Waals surface area contributed by atoms with Crippen LogP contribution in [0.2, 0.25) is 0 Å². The predicted octanol–water partition coefficient (Wildman–Crippen LogP) is 4.33. The van der Waals surface area contributed by atoms with Gasteiger partial charge in [-0.2, -0.15) is 0 Å². The average molecular weight is 311 g/mol. The van der Waals surface area contributed by atoms with Gasteiger partial charge in [0.1, 0.15) is 11.5 Å². The first-order chi connectivity index (χ1) is 11.1. The maximum atomic E-state index is 6.02. The lowest BCUT2D eigenvalue weighted by molar-refractivity contribution is 0.174. The van der Waals surface area contributed by atoms with Crippen molar-refractivity contribution in [2.24, 2.45) is 0 Å². The van der Waals surface area contributed by atoms with E-state index in [9.17, 15) is 0 Å². The van der Waals surface area contributed by atoms with Crippen molar-refractivity contribution in [2.45, 2.75) is 6.92 Å². The summed E-state index contributed by atoms with van der Waals surface area (Å²) in [6.45, 7) is 2.21. The van der Waals surface area contributed by atoms with Crippen molar-refractivity contribution in [1.29, 1.82) is 0 Å². The lowest BCUT2D eigenvalue weighted by atomic mass is 10.2. The summed E-state index contributed by atoms with van der Waals surface area (Å²) in [5, 5.41) is 1.03. The molecule has 23 heavy (non-hydrogen) atoms. The molecule has 0 aliphatic carbocycles. The molecule has 1 aliphatic rings. The molecule has 1 aromatic heterocycles. The SMILES string of the molecule is Cc1oc2c(Oc3ccc4c(c3)OCO4)cccc2c1N(C)C. The van der Waals surface area contributed by atoms with Crippen molar-refractivity contribution in [3.05, 3.63) is 42.2 Å². The van der Waals surface area contributed by atoms with Crippen molar-refractivity contribution in [3.8, 4) is 23.0 Å². The van der Waals surface area contributed by atoms with Crippen LogP contribution >= 0.6 is 0 Å². The second-order valence-electron chi connectivity index (χ2n) is 5.65. The molecule has 0 bridgehead atoms. The summed E-state index contributed by atoms with van der Waals surface area (Å²) in [4.78, 5) is 2.05. The van der Waals surface area contributed by atoms with Crippen LogP contribution in [0, 0.1) is 6.92 Å². The minimum atomic E-state index is 0.248. The van der Waals surface area contributed by atoms with Crippen LogP contribution in [0.25, 0.3) is 11.0 Å². The van der Waals surface area contributed by atoms with E-state index in [1.165, 1.54) is 0 Å². The summed E-state index contributed by atoms with van der Waals surface area (Å²) in [6, 6.07) is 11.4. The molecule has 0 spiro atoms. The van der Waals surface area contributed by atoms with E-state index in [0.717, 1.165) is 28.2 Å². The number of furan rings is 1. The van der Waals surface area contributed by atoms with Gasteiger partial charge in [0.25, 0.3) is 0 Å². The summed E-state index contributed by atoms with van der Waals surface area (Å²) in [5.74, 6) is 3.66. The quantitative estimate of drug-likeness (QED) is 0.720. The Morgan fingerprint density at radius 1 is 1.04 bits per heavy atom. The van der Waals surface area contributed by atoms with Crippen LogP contribution in [-0.2, 0) is 0 Å². The highest BCUT2D eigenvalue weighted by atomic mass is 16.7. The number of nitrogens with zero attached hydrogens (tertiary/aromatic N) is 1. The first-order valence-electron chi connectivity index (χ1n) is 7.40. The standard InChI is InChI=1S/C18H17NO4/c1-11-17(19(2)3)13-5-4-6-15(18(13)22-11)23-12-7-8-14-16(9-12)21-10-20-14/h4-9H,10H2,1-3H3. The van der Waals surface area contributed by atoms with E-state index in [-0.39, 0.29) is 6.79 Å². The number of aryl methyl sites for hydroxylation is 1. The Kier molecular flexibility index (Phi) is 3.08. The van der Waals surface area contributed by atoms with Gasteiger partial charge in [-0.1, -0.05) is 6.07 Å². The van der Waals surface area contributed by atoms with E-state index in [0.29, 0.717) is 17.2 Å². The van der Waals surface area contributed by atoms with Crippen molar-refractivity contribution in [1.82, 2.24) is 0 Å². The van der Waals surface area contributed by atoms with Crippen LogP contribution in [-0.4, -0.2) is 20.9 Å². The van der Waals surface area contributed by atoms with E-state index in [1.54, 1.807) is 0 Å². The molecule has 0 radical (unpaired) electrons. The van der Waals surface area contributed by atoms with Gasteiger partial charge in [-0.3, -0.25) is 0 Å². The highest BCUT2D eigenvalue weighted by Crippen LogP contribution is 2.41. The fourth-order valence-corrected chi connectivity index (χ4v) is 2.90. The van der Waals surface area contributed by atoms with Gasteiger partial charge in [0.2, 0.25) is 6.79 Å². The highest BCUT2D eigenvalue weighted by Gasteiger charge is 2.18. The van der Waals surface area contributed by atoms with Crippen LogP contribution < -0.4 is 19.1 Å². The zero-order valence-electron chi connectivity index (χ0n) is 13.3. The summed E-state index contributed by atoms with van der Waals surface area (Å²) < 4.78 is 22.7. The molecule has 0 saturated heterocycles. The molecule has 4 rings (SSSR count). The molecular weight excluding hydrogens is 294 g/mol. The molecule has 2 heterocycles. The first-order valence-corrected chi connectivity index (χ1v) is 7.40. The Morgan fingerprint density at radius 2 is 1.87 bits per heavy atom. The molecule has 0 atom stereocenters. The van der Waals surface area contributed by atoms with Crippen LogP contribution in [0.15, 0.2) is 40.8 Å². The third-order valence-electron chi connectivity index (χ3n) is 3.84. The van der Waals surface area contributed by atoms with Crippen molar-refractivity contribution >= 4 is 16.7 Å². The minimum Gasteiger partial charge on any atom is -0.455 e. The lowest BCUT2D eigenvalue weighted by Gasteiger charge is -2.11. The molecule has 118 valence electrons. The molecule has 3 aromatic rings. The van der Waals surface area contributed by atoms with Gasteiger partial charge in [-0.25, -0.2) is 0 Å². The molecule has 0 fully saturated rings. The van der Waals surface area contributed by atoms with E-state index in [1.807, 2.05) is 62.3 Å². The zero-order valence-corrected chi connectivity index (χ0v) is 13.3. The topological polar surface area (TPSA) is 44.1 Å². The number of hydrogen-bond acceptors (Lipinski definition) is 5. The minimum absolute atomic E-state index is 0.248. The normalized spacial score (nSPS) is 12.7. The number of para-hydroxylation sites is 1. The molecular formula is C18H17NO4. The summed E-state index contributed by atoms with van der Waals surface area (Å²) in [6.07, 6.45) is 0. The number of rotatable bonds is 3. The molecule has 5 heteroatoms. The molecule has 0 unspecified atom stereocenters. The molecule has 0 N–H and O–H groups in total. The van der Waals surface area contributed by atoms with E-state index >= 15 is 0 Å². The fraction of sp³-hybridized carbons (Fsp3) is 0.222. The molecule has 0 saturated carbocycles. The van der Waals surface area contributed by atoms with Crippen molar-refractivity contribution < 1.29 is 18.6 Å². The first kappa shape index (κ1) is 13.8. The van der Waals surface area contributed by atoms with Crippen LogP contribution in [0.3, 0.4) is 0 Å². The van der Waals surface area contributed by atoms with E-state index in [4.69, 9.17) is 18.6 Å². The summed E-state index contributed by atoms with van der Waals surface area (Å²) in [7, 11) is 4.01. The summed E-state index contributed by atoms with van der Waals surface area (Å²) in [5.41, 5.74) is 1.81. The third-order valence-corrected chi connectivity index (χ3v) is 3.84. The predicted molar refractivity (Wildman–Crippen MR) is 87.9 cm³/mol.